The van der Waals surface area contributed by atoms with Gasteiger partial charge < -0.3 is 4.57 Å². The first kappa shape index (κ1) is 28.7. The van der Waals surface area contributed by atoms with Gasteiger partial charge in [0.05, 0.1) is 16.6 Å². The number of hydrogen-bond acceptors (Lipinski definition) is 3. The summed E-state index contributed by atoms with van der Waals surface area (Å²) in [6, 6.07) is 44.1. The van der Waals surface area contributed by atoms with E-state index in [0.29, 0.717) is 16.9 Å². The van der Waals surface area contributed by atoms with Crippen LogP contribution in [0.2, 0.25) is 0 Å². The second kappa shape index (κ2) is 10.8. The third-order valence-electron chi connectivity index (χ3n) is 8.38. The van der Waals surface area contributed by atoms with Crippen LogP contribution >= 0.6 is 0 Å². The van der Waals surface area contributed by atoms with E-state index in [4.69, 9.17) is 9.97 Å². The maximum absolute atomic E-state index is 10.8. The molecule has 4 aromatic heterocycles. The van der Waals surface area contributed by atoms with E-state index in [9.17, 15) is 5.26 Å². The molecule has 0 aliphatic carbocycles. The van der Waals surface area contributed by atoms with Gasteiger partial charge in [-0.3, -0.25) is 4.57 Å². The Labute approximate surface area is 275 Å². The van der Waals surface area contributed by atoms with Crippen molar-refractivity contribution in [3.05, 3.63) is 133 Å². The molecule has 8 rings (SSSR count). The molecule has 45 heavy (non-hydrogen) atoms. The van der Waals surface area contributed by atoms with Crippen LogP contribution in [0.25, 0.3) is 66.5 Å². The molecule has 0 fully saturated rings. The van der Waals surface area contributed by atoms with E-state index in [1.165, 1.54) is 5.56 Å². The van der Waals surface area contributed by atoms with Crippen molar-refractivity contribution < 1.29 is 21.1 Å². The Bertz CT molecular complexity index is 2440. The summed E-state index contributed by atoms with van der Waals surface area (Å²) in [5, 5.41) is 14.4. The third kappa shape index (κ3) is 4.48. The van der Waals surface area contributed by atoms with Crippen molar-refractivity contribution in [1.82, 2.24) is 19.1 Å². The minimum Gasteiger partial charge on any atom is -0.313 e. The van der Waals surface area contributed by atoms with Crippen molar-refractivity contribution in [1.29, 1.82) is 5.26 Å². The van der Waals surface area contributed by atoms with Gasteiger partial charge in [-0.2, -0.15) is 47.7 Å². The number of aromatic nitrogens is 4. The molecule has 0 amide bonds. The Morgan fingerprint density at radius 2 is 1.38 bits per heavy atom. The van der Waals surface area contributed by atoms with Crippen molar-refractivity contribution in [2.45, 2.75) is 26.2 Å². The van der Waals surface area contributed by atoms with Gasteiger partial charge in [-0.1, -0.05) is 57.2 Å². The standard InChI is InChI=1S/C39H27N5.Pt/c1-39(2,3)27-20-21-41-34(23-27)44-33-19-10-8-17-30(33)36-31(24-40)35-29-16-7-9-18-32(29)43(37(35)42-38(36)44)28-15-11-14-26(22-28)25-12-5-4-6-13-25;/h4-12,14-21,23H,1-3H3;/q-2;+2. The van der Waals surface area contributed by atoms with Crippen LogP contribution in [0.15, 0.2) is 109 Å². The molecule has 0 saturated heterocycles. The first-order chi connectivity index (χ1) is 21.4. The van der Waals surface area contributed by atoms with Gasteiger partial charge in [0.25, 0.3) is 0 Å². The molecule has 0 saturated carbocycles. The van der Waals surface area contributed by atoms with E-state index >= 15 is 0 Å². The van der Waals surface area contributed by atoms with Gasteiger partial charge in [0.15, 0.2) is 5.65 Å². The van der Waals surface area contributed by atoms with E-state index in [2.05, 4.69) is 84.5 Å². The topological polar surface area (TPSA) is 59.4 Å². The number of para-hydroxylation sites is 2. The molecule has 8 aromatic rings. The summed E-state index contributed by atoms with van der Waals surface area (Å²) in [5.41, 5.74) is 7.80. The molecule has 0 unspecified atom stereocenters. The SMILES string of the molecule is CC(C)(C)c1ccnc(-n2c3ccccc3c3c(C#N)c4c5ccccc5n(-c5[c-]c(-c6[c-]cccc6)ccc5)c4nc32)c1.[Pt+2]. The molecule has 0 radical (unpaired) electrons. The van der Waals surface area contributed by atoms with E-state index < -0.39 is 0 Å². The number of rotatable bonds is 3. The van der Waals surface area contributed by atoms with Gasteiger partial charge in [-0.25, -0.2) is 21.1 Å². The molecule has 0 spiro atoms. The second-order valence-electron chi connectivity index (χ2n) is 12.1. The molecule has 0 aliphatic rings. The Balaban J connectivity index is 0.00000325. The van der Waals surface area contributed by atoms with Crippen LogP contribution in [0.3, 0.4) is 0 Å². The number of benzene rings is 4. The second-order valence-corrected chi connectivity index (χ2v) is 12.1. The number of fused-ring (bicyclic) bond motifs is 6. The van der Waals surface area contributed by atoms with Crippen molar-refractivity contribution in [3.63, 3.8) is 0 Å². The van der Waals surface area contributed by atoms with E-state index in [1.54, 1.807) is 0 Å². The first-order valence-electron chi connectivity index (χ1n) is 14.7. The van der Waals surface area contributed by atoms with Gasteiger partial charge in [-0.05, 0) is 40.9 Å². The minimum absolute atomic E-state index is 0. The molecular formula is C39H27N5Pt. The fraction of sp³-hybridized carbons (Fsp3) is 0.103. The van der Waals surface area contributed by atoms with Crippen molar-refractivity contribution >= 4 is 43.9 Å². The summed E-state index contributed by atoms with van der Waals surface area (Å²) in [7, 11) is 0. The average molecular weight is 761 g/mol. The maximum Gasteiger partial charge on any atom is 2.00 e. The predicted octanol–water partition coefficient (Wildman–Crippen LogP) is 9.10. The normalized spacial score (nSPS) is 11.7. The number of nitriles is 1. The number of nitrogens with zero attached hydrogens (tertiary/aromatic N) is 5. The van der Waals surface area contributed by atoms with Crippen LogP contribution < -0.4 is 0 Å². The van der Waals surface area contributed by atoms with Gasteiger partial charge in [0.1, 0.15) is 17.5 Å². The summed E-state index contributed by atoms with van der Waals surface area (Å²) in [4.78, 5) is 10.2. The Morgan fingerprint density at radius 3 is 2.04 bits per heavy atom. The summed E-state index contributed by atoms with van der Waals surface area (Å²) in [6.45, 7) is 6.59. The largest absolute Gasteiger partial charge is 2.00 e. The number of hydrogen-bond donors (Lipinski definition) is 0. The van der Waals surface area contributed by atoms with Gasteiger partial charge in [-0.15, -0.1) is 12.1 Å². The Morgan fingerprint density at radius 1 is 0.733 bits per heavy atom. The fourth-order valence-corrected chi connectivity index (χ4v) is 6.28. The molecule has 0 aliphatic heterocycles. The zero-order valence-corrected chi connectivity index (χ0v) is 27.2. The molecule has 4 heterocycles. The predicted molar refractivity (Wildman–Crippen MR) is 177 cm³/mol. The van der Waals surface area contributed by atoms with Crippen LogP contribution in [0.1, 0.15) is 31.9 Å². The molecule has 6 heteroatoms. The quantitative estimate of drug-likeness (QED) is 0.169. The summed E-state index contributed by atoms with van der Waals surface area (Å²) >= 11 is 0. The Kier molecular flexibility index (Phi) is 6.92. The molecule has 0 bridgehead atoms. The van der Waals surface area contributed by atoms with E-state index in [0.717, 1.165) is 55.2 Å². The Hall–Kier alpha value is -5.04. The smallest absolute Gasteiger partial charge is 0.313 e. The monoisotopic (exact) mass is 760 g/mol. The molecule has 5 nitrogen and oxygen atoms in total. The summed E-state index contributed by atoms with van der Waals surface area (Å²) in [5.74, 6) is 0.773. The van der Waals surface area contributed by atoms with Crippen LogP contribution in [0.4, 0.5) is 0 Å². The molecule has 218 valence electrons. The zero-order valence-electron chi connectivity index (χ0n) is 24.9. The summed E-state index contributed by atoms with van der Waals surface area (Å²) in [6.07, 6.45) is 1.86. The molecule has 0 N–H and O–H groups in total. The van der Waals surface area contributed by atoms with Crippen LogP contribution in [-0.2, 0) is 26.5 Å². The van der Waals surface area contributed by atoms with Gasteiger partial charge in [0.2, 0.25) is 0 Å². The first-order valence-corrected chi connectivity index (χ1v) is 14.7. The minimum atomic E-state index is -0.0571. The van der Waals surface area contributed by atoms with Crippen molar-refractivity contribution in [3.8, 4) is 28.7 Å². The summed E-state index contributed by atoms with van der Waals surface area (Å²) < 4.78 is 4.22. The molecule has 4 aromatic carbocycles. The zero-order chi connectivity index (χ0) is 30.0. The third-order valence-corrected chi connectivity index (χ3v) is 8.38. The molecule has 0 atom stereocenters. The van der Waals surface area contributed by atoms with Crippen LogP contribution in [0.5, 0.6) is 0 Å². The van der Waals surface area contributed by atoms with Crippen molar-refractivity contribution in [2.24, 2.45) is 0 Å². The van der Waals surface area contributed by atoms with E-state index in [1.807, 2.05) is 72.9 Å². The average Bonchev–Trinajstić information content (AvgIpc) is 3.56. The van der Waals surface area contributed by atoms with Gasteiger partial charge in [0, 0.05) is 27.7 Å². The van der Waals surface area contributed by atoms with E-state index in [-0.39, 0.29) is 26.5 Å². The fourth-order valence-electron chi connectivity index (χ4n) is 6.28. The van der Waals surface area contributed by atoms with Gasteiger partial charge >= 0.3 is 21.1 Å². The molecular weight excluding hydrogens is 734 g/mol. The van der Waals surface area contributed by atoms with Crippen molar-refractivity contribution in [2.75, 3.05) is 0 Å². The maximum atomic E-state index is 10.8. The van der Waals surface area contributed by atoms with Crippen LogP contribution in [0, 0.1) is 23.5 Å². The number of pyridine rings is 2. The van der Waals surface area contributed by atoms with Crippen LogP contribution in [-0.4, -0.2) is 19.1 Å².